The molecule has 1 heterocycles. The van der Waals surface area contributed by atoms with Crippen molar-refractivity contribution in [2.24, 2.45) is 29.6 Å². The van der Waals surface area contributed by atoms with E-state index in [4.69, 9.17) is 4.74 Å². The number of aryl methyl sites for hydroxylation is 2. The zero-order chi connectivity index (χ0) is 22.4. The zero-order valence-corrected chi connectivity index (χ0v) is 18.5. The third-order valence-corrected chi connectivity index (χ3v) is 7.13. The smallest absolute Gasteiger partial charge is 0.330 e. The first-order chi connectivity index (χ1) is 14.7. The van der Waals surface area contributed by atoms with Gasteiger partial charge in [-0.15, -0.1) is 0 Å². The summed E-state index contributed by atoms with van der Waals surface area (Å²) in [6, 6.07) is 4.70. The van der Waals surface area contributed by atoms with Gasteiger partial charge in [0.2, 0.25) is 11.8 Å². The Bertz CT molecular complexity index is 912. The summed E-state index contributed by atoms with van der Waals surface area (Å²) in [5.74, 6) is -2.01. The first-order valence-electron chi connectivity index (χ1n) is 11.1. The van der Waals surface area contributed by atoms with Crippen molar-refractivity contribution in [2.45, 2.75) is 53.0 Å². The van der Waals surface area contributed by atoms with Gasteiger partial charge in [0.15, 0.2) is 6.61 Å². The van der Waals surface area contributed by atoms with E-state index in [1.165, 1.54) is 0 Å². The fourth-order valence-electron chi connectivity index (χ4n) is 5.66. The van der Waals surface area contributed by atoms with Crippen molar-refractivity contribution in [3.8, 4) is 0 Å². The highest BCUT2D eigenvalue weighted by atomic mass is 16.5. The van der Waals surface area contributed by atoms with Crippen molar-refractivity contribution in [1.82, 2.24) is 4.90 Å². The molecule has 5 atom stereocenters. The van der Waals surface area contributed by atoms with E-state index in [1.54, 1.807) is 13.8 Å². The van der Waals surface area contributed by atoms with Crippen molar-refractivity contribution in [3.63, 3.8) is 0 Å². The van der Waals surface area contributed by atoms with Crippen LogP contribution in [0, 0.1) is 43.4 Å². The van der Waals surface area contributed by atoms with E-state index in [0.29, 0.717) is 5.69 Å². The van der Waals surface area contributed by atoms with E-state index >= 15 is 0 Å². The maximum absolute atomic E-state index is 13.1. The molecule has 1 saturated heterocycles. The molecule has 0 unspecified atom stereocenters. The predicted octanol–water partition coefficient (Wildman–Crippen LogP) is 2.84. The van der Waals surface area contributed by atoms with Gasteiger partial charge in [0.05, 0.1) is 11.8 Å². The molecule has 166 valence electrons. The van der Waals surface area contributed by atoms with Crippen molar-refractivity contribution >= 4 is 29.4 Å². The predicted molar refractivity (Wildman–Crippen MR) is 114 cm³/mol. The molecule has 1 aliphatic heterocycles. The van der Waals surface area contributed by atoms with Gasteiger partial charge in [0, 0.05) is 5.69 Å². The lowest BCUT2D eigenvalue weighted by molar-refractivity contribution is -0.162. The summed E-state index contributed by atoms with van der Waals surface area (Å²) in [5, 5.41) is 2.75. The highest BCUT2D eigenvalue weighted by Crippen LogP contribution is 2.56. The Labute approximate surface area is 182 Å². The number of amides is 3. The Balaban J connectivity index is 1.42. The second-order valence-electron chi connectivity index (χ2n) is 9.59. The molecule has 1 aromatic carbocycles. The van der Waals surface area contributed by atoms with Gasteiger partial charge in [-0.2, -0.15) is 0 Å². The number of benzene rings is 1. The van der Waals surface area contributed by atoms with E-state index in [-0.39, 0.29) is 41.4 Å². The number of nitrogens with one attached hydrogen (secondary N) is 1. The van der Waals surface area contributed by atoms with Gasteiger partial charge < -0.3 is 10.1 Å². The topological polar surface area (TPSA) is 92.8 Å². The van der Waals surface area contributed by atoms with Crippen LogP contribution in [0.2, 0.25) is 0 Å². The number of anilines is 1. The normalized spacial score (nSPS) is 27.6. The molecule has 0 aromatic heterocycles. The molecule has 7 heteroatoms. The highest BCUT2D eigenvalue weighted by Gasteiger charge is 2.62. The number of ether oxygens (including phenoxy) is 1. The fourth-order valence-corrected chi connectivity index (χ4v) is 5.66. The molecule has 2 bridgehead atoms. The number of likely N-dealkylation sites (tertiary alicyclic amines) is 1. The van der Waals surface area contributed by atoms with Crippen molar-refractivity contribution in [3.05, 3.63) is 29.3 Å². The van der Waals surface area contributed by atoms with E-state index in [2.05, 4.69) is 5.32 Å². The molecule has 31 heavy (non-hydrogen) atoms. The largest absolute Gasteiger partial charge is 0.454 e. The monoisotopic (exact) mass is 426 g/mol. The number of carbonyl (C=O) groups is 4. The van der Waals surface area contributed by atoms with E-state index in [1.807, 2.05) is 32.0 Å². The third kappa shape index (κ3) is 3.75. The highest BCUT2D eigenvalue weighted by molar-refractivity contribution is 6.08. The number of imide groups is 1. The number of hydrogen-bond acceptors (Lipinski definition) is 5. The lowest BCUT2D eigenvalue weighted by Gasteiger charge is -2.28. The molecule has 0 spiro atoms. The Kier molecular flexibility index (Phi) is 5.62. The van der Waals surface area contributed by atoms with Crippen LogP contribution in [0.1, 0.15) is 44.2 Å². The van der Waals surface area contributed by atoms with Gasteiger partial charge >= 0.3 is 5.97 Å². The van der Waals surface area contributed by atoms with Gasteiger partial charge in [-0.05, 0) is 68.1 Å². The van der Waals surface area contributed by atoms with E-state index in [0.717, 1.165) is 35.3 Å². The van der Waals surface area contributed by atoms with Crippen LogP contribution in [0.4, 0.5) is 5.69 Å². The maximum Gasteiger partial charge on any atom is 0.330 e. The maximum atomic E-state index is 13.1. The van der Waals surface area contributed by atoms with Crippen LogP contribution in [0.3, 0.4) is 0 Å². The van der Waals surface area contributed by atoms with Crippen LogP contribution in [0.25, 0.3) is 0 Å². The summed E-state index contributed by atoms with van der Waals surface area (Å²) in [6.45, 7) is 6.90. The van der Waals surface area contributed by atoms with Crippen LogP contribution in [-0.4, -0.2) is 41.2 Å². The summed E-state index contributed by atoms with van der Waals surface area (Å²) in [4.78, 5) is 52.6. The van der Waals surface area contributed by atoms with Crippen LogP contribution in [0.15, 0.2) is 18.2 Å². The minimum atomic E-state index is -1.00. The first-order valence-corrected chi connectivity index (χ1v) is 11.1. The second-order valence-corrected chi connectivity index (χ2v) is 9.59. The molecule has 3 aliphatic rings. The van der Waals surface area contributed by atoms with Crippen molar-refractivity contribution in [1.29, 1.82) is 0 Å². The molecule has 2 aliphatic carbocycles. The number of fused-ring (bicyclic) bond motifs is 5. The molecule has 2 saturated carbocycles. The van der Waals surface area contributed by atoms with Crippen molar-refractivity contribution in [2.75, 3.05) is 11.9 Å². The minimum Gasteiger partial charge on any atom is -0.454 e. The van der Waals surface area contributed by atoms with Crippen LogP contribution in [-0.2, 0) is 23.9 Å². The van der Waals surface area contributed by atoms with Gasteiger partial charge in [0.25, 0.3) is 5.91 Å². The summed E-state index contributed by atoms with van der Waals surface area (Å²) in [7, 11) is 0. The number of nitrogens with zero attached hydrogens (tertiary/aromatic N) is 1. The molecule has 3 fully saturated rings. The molecule has 1 N–H and O–H groups in total. The van der Waals surface area contributed by atoms with E-state index < -0.39 is 24.5 Å². The summed E-state index contributed by atoms with van der Waals surface area (Å²) < 4.78 is 5.27. The number of hydrogen-bond donors (Lipinski definition) is 1. The minimum absolute atomic E-state index is 0.238. The summed E-state index contributed by atoms with van der Waals surface area (Å²) >= 11 is 0. The van der Waals surface area contributed by atoms with Crippen LogP contribution < -0.4 is 5.32 Å². The molecule has 3 amide bonds. The first kappa shape index (κ1) is 21.5. The van der Waals surface area contributed by atoms with Gasteiger partial charge in [0.1, 0.15) is 6.04 Å². The Hall–Kier alpha value is -2.70. The summed E-state index contributed by atoms with van der Waals surface area (Å²) in [6.07, 6.45) is 2.90. The fraction of sp³-hybridized carbons (Fsp3) is 0.583. The molecule has 7 nitrogen and oxygen atoms in total. The summed E-state index contributed by atoms with van der Waals surface area (Å²) in [5.41, 5.74) is 2.57. The van der Waals surface area contributed by atoms with Crippen LogP contribution in [0.5, 0.6) is 0 Å². The van der Waals surface area contributed by atoms with Gasteiger partial charge in [-0.3, -0.25) is 19.3 Å². The Morgan fingerprint density at radius 3 is 2.29 bits per heavy atom. The van der Waals surface area contributed by atoms with Gasteiger partial charge in [-0.1, -0.05) is 26.0 Å². The molecule has 0 radical (unpaired) electrons. The second kappa shape index (κ2) is 8.09. The Morgan fingerprint density at radius 1 is 1.10 bits per heavy atom. The lowest BCUT2D eigenvalue weighted by atomic mass is 9.81. The third-order valence-electron chi connectivity index (χ3n) is 7.13. The lowest BCUT2D eigenvalue weighted by Crippen LogP contribution is -2.50. The molecular formula is C24H30N2O5. The molecular weight excluding hydrogens is 396 g/mol. The van der Waals surface area contributed by atoms with Gasteiger partial charge in [-0.25, -0.2) is 4.79 Å². The number of rotatable bonds is 6. The average molecular weight is 427 g/mol. The van der Waals surface area contributed by atoms with E-state index in [9.17, 15) is 19.2 Å². The SMILES string of the molecule is Cc1ccc(C)c(NC(=O)COC(=O)[C@@H](C(C)C)N2C(=O)[C@H]3[C@@H]4CC[C@@H](C4)[C@@H]3C2=O)c1. The zero-order valence-electron chi connectivity index (χ0n) is 18.5. The molecule has 4 rings (SSSR count). The Morgan fingerprint density at radius 2 is 1.71 bits per heavy atom. The number of esters is 1. The number of carbonyl (C=O) groups excluding carboxylic acids is 4. The quantitative estimate of drug-likeness (QED) is 0.558. The average Bonchev–Trinajstić information content (AvgIpc) is 3.39. The van der Waals surface area contributed by atoms with Crippen molar-refractivity contribution < 1.29 is 23.9 Å². The standard InChI is InChI=1S/C24H30N2O5/c1-12(2)21(26-22(28)19-15-7-8-16(10-15)20(19)23(26)29)24(30)31-11-18(27)25-17-9-13(3)5-6-14(17)4/h5-6,9,12,15-16,19-21H,7-8,10-11H2,1-4H3,(H,25,27)/t15-,16+,19-,20-,21+/m0/s1. The van der Waals surface area contributed by atoms with Crippen LogP contribution >= 0.6 is 0 Å². The molecule has 1 aromatic rings.